The standard InChI is InChI=1S/C66H73FN12O11S/c1-35(2)59(64(84)77-29-44(82)23-54(77)63(83)70-51(31-80)40-13-15-41(16-14-40)61-52(32-81)68-34-91-61)78-30-50(73-74-78)39-9-7-37(8-10-39)33-89-60-57(56-36(3)49(67)25-53-48(56)26-69-79(53)55-6-4-5-19-88-55)46(38-11-12-38)24-47-58(60)71-65(90-45-17-20-87-21-18-45)72-62(47)75-27-43-22-42(75)28-76(43)66(85)86/h7-10,13-16,24-26,30,34-35,38,42-45,51,54-55,59,80-82H,4-6,11-12,17-23,27-29,31-33H2,1-3H3,(H,70,83)(H,85,86)/t42-,43-,44+,51-,54-,55?,59-/m0/s1. The molecule has 4 aromatic heterocycles. The van der Waals surface area contributed by atoms with Gasteiger partial charge in [-0.15, -0.1) is 16.4 Å². The number of carbonyl (C=O) groups is 3. The Labute approximate surface area is 527 Å². The zero-order chi connectivity index (χ0) is 62.8. The van der Waals surface area contributed by atoms with Crippen LogP contribution in [0.15, 0.2) is 78.6 Å². The summed E-state index contributed by atoms with van der Waals surface area (Å²) in [5.74, 6) is -0.476. The van der Waals surface area contributed by atoms with Crippen molar-refractivity contribution in [3.05, 3.63) is 112 Å². The highest BCUT2D eigenvalue weighted by atomic mass is 32.1. The molecule has 2 bridgehead atoms. The van der Waals surface area contributed by atoms with Gasteiger partial charge in [-0.1, -0.05) is 67.6 Å². The number of carbonyl (C=O) groups excluding carboxylic acids is 2. The topological polar surface area (TPSA) is 278 Å². The number of carboxylic acid groups (broad SMARTS) is 1. The van der Waals surface area contributed by atoms with Crippen LogP contribution in [0, 0.1) is 18.7 Å². The van der Waals surface area contributed by atoms with E-state index in [1.807, 2.05) is 50.2 Å². The maximum Gasteiger partial charge on any atom is 0.407 e. The number of aliphatic hydroxyl groups excluding tert-OH is 3. The molecule has 4 aromatic carbocycles. The number of fused-ring (bicyclic) bond motifs is 4. The summed E-state index contributed by atoms with van der Waals surface area (Å²) in [6, 6.07) is 15.7. The highest BCUT2D eigenvalue weighted by molar-refractivity contribution is 7.13. The first-order valence-corrected chi connectivity index (χ1v) is 32.4. The number of hydrogen-bond acceptors (Lipinski definition) is 18. The fraction of sp³-hybridized carbons (Fsp3) is 0.470. The third-order valence-corrected chi connectivity index (χ3v) is 19.9. The lowest BCUT2D eigenvalue weighted by Crippen LogP contribution is -2.50. The van der Waals surface area contributed by atoms with Crippen molar-refractivity contribution in [2.75, 3.05) is 51.0 Å². The number of β-amino-alcohol motifs (C(OH)–C–C–N with tert-alkyl or cyclic N) is 1. The number of piperazine rings is 1. The monoisotopic (exact) mass is 1260 g/mol. The van der Waals surface area contributed by atoms with Crippen LogP contribution in [-0.4, -0.2) is 164 Å². The zero-order valence-electron chi connectivity index (χ0n) is 50.9. The van der Waals surface area contributed by atoms with Crippen molar-refractivity contribution in [3.8, 4) is 44.6 Å². The number of benzene rings is 4. The highest BCUT2D eigenvalue weighted by Crippen LogP contribution is 2.54. The Hall–Kier alpha value is -8.20. The lowest BCUT2D eigenvalue weighted by molar-refractivity contribution is -0.142. The van der Waals surface area contributed by atoms with Crippen LogP contribution in [0.3, 0.4) is 0 Å². The lowest BCUT2D eigenvalue weighted by atomic mass is 9.88. The molecule has 5 aliphatic heterocycles. The van der Waals surface area contributed by atoms with Gasteiger partial charge in [-0.25, -0.2) is 23.5 Å². The Morgan fingerprint density at radius 2 is 1.67 bits per heavy atom. The average molecular weight is 1260 g/mol. The second-order valence-electron chi connectivity index (χ2n) is 25.2. The zero-order valence-corrected chi connectivity index (χ0v) is 51.7. The second kappa shape index (κ2) is 25.1. The molecule has 91 heavy (non-hydrogen) atoms. The molecule has 7 atom stereocenters. The van der Waals surface area contributed by atoms with Crippen LogP contribution >= 0.6 is 11.3 Å². The van der Waals surface area contributed by atoms with Gasteiger partial charge in [-0.05, 0) is 91.2 Å². The van der Waals surface area contributed by atoms with E-state index < -0.39 is 54.6 Å². The Morgan fingerprint density at radius 3 is 2.37 bits per heavy atom. The van der Waals surface area contributed by atoms with Crippen LogP contribution in [-0.2, 0) is 32.3 Å². The number of nitrogens with zero attached hydrogens (tertiary/aromatic N) is 11. The first-order chi connectivity index (χ1) is 44.2. The van der Waals surface area contributed by atoms with Gasteiger partial charge in [0.1, 0.15) is 47.6 Å². The van der Waals surface area contributed by atoms with Crippen molar-refractivity contribution in [1.29, 1.82) is 0 Å². The fourth-order valence-corrected chi connectivity index (χ4v) is 14.9. The van der Waals surface area contributed by atoms with E-state index >= 15 is 4.39 Å². The third-order valence-electron chi connectivity index (χ3n) is 19.0. The summed E-state index contributed by atoms with van der Waals surface area (Å²) in [4.78, 5) is 61.8. The van der Waals surface area contributed by atoms with Gasteiger partial charge >= 0.3 is 12.1 Å². The number of thiazole rings is 1. The Bertz CT molecular complexity index is 4030. The van der Waals surface area contributed by atoms with Gasteiger partial charge in [0.05, 0.1) is 84.6 Å². The minimum absolute atomic E-state index is 0.00249. The van der Waals surface area contributed by atoms with Gasteiger partial charge in [0, 0.05) is 79.0 Å². The number of hydrogen-bond donors (Lipinski definition) is 5. The molecule has 3 amide bonds. The van der Waals surface area contributed by atoms with Crippen molar-refractivity contribution >= 4 is 56.9 Å². The second-order valence-corrected chi connectivity index (χ2v) is 26.1. The molecule has 5 saturated heterocycles. The van der Waals surface area contributed by atoms with Crippen LogP contribution in [0.1, 0.15) is 124 Å². The molecular weight excluding hydrogens is 1190 g/mol. The lowest BCUT2D eigenvalue weighted by Gasteiger charge is -2.34. The van der Waals surface area contributed by atoms with Crippen molar-refractivity contribution in [2.24, 2.45) is 5.92 Å². The van der Waals surface area contributed by atoms with Gasteiger partial charge < -0.3 is 59.4 Å². The largest absolute Gasteiger partial charge is 0.486 e. The number of aromatic nitrogens is 8. The smallest absolute Gasteiger partial charge is 0.407 e. The molecule has 0 radical (unpaired) electrons. The normalized spacial score (nSPS) is 21.8. The van der Waals surface area contributed by atoms with Gasteiger partial charge in [-0.2, -0.15) is 15.1 Å². The number of amides is 3. The molecular formula is C66H73FN12O11S. The highest BCUT2D eigenvalue weighted by Gasteiger charge is 2.48. The van der Waals surface area contributed by atoms with Crippen LogP contribution in [0.25, 0.3) is 54.6 Å². The van der Waals surface area contributed by atoms with E-state index in [4.69, 9.17) is 34.0 Å². The molecule has 8 aromatic rings. The van der Waals surface area contributed by atoms with Crippen LogP contribution < -0.4 is 19.7 Å². The molecule has 476 valence electrons. The third kappa shape index (κ3) is 11.6. The van der Waals surface area contributed by atoms with Gasteiger partial charge in [0.15, 0.2) is 12.0 Å². The Morgan fingerprint density at radius 1 is 0.879 bits per heavy atom. The molecule has 1 saturated carbocycles. The Balaban J connectivity index is 0.773. The predicted molar refractivity (Wildman–Crippen MR) is 334 cm³/mol. The summed E-state index contributed by atoms with van der Waals surface area (Å²) in [6.45, 7) is 7.32. The van der Waals surface area contributed by atoms with Gasteiger partial charge in [-0.3, -0.25) is 9.59 Å². The van der Waals surface area contributed by atoms with Gasteiger partial charge in [0.25, 0.3) is 0 Å². The summed E-state index contributed by atoms with van der Waals surface area (Å²) < 4.78 is 46.1. The van der Waals surface area contributed by atoms with Crippen molar-refractivity contribution in [3.63, 3.8) is 0 Å². The molecule has 1 unspecified atom stereocenters. The molecule has 6 aliphatic rings. The number of nitrogens with one attached hydrogen (secondary N) is 1. The van der Waals surface area contributed by atoms with E-state index in [2.05, 4.69) is 31.6 Å². The Kier molecular flexibility index (Phi) is 16.7. The first kappa shape index (κ1) is 60.4. The average Bonchev–Trinajstić information content (AvgIpc) is 1.74. The molecule has 9 heterocycles. The number of anilines is 1. The van der Waals surface area contributed by atoms with Crippen molar-refractivity contribution < 1.29 is 58.1 Å². The molecule has 25 heteroatoms. The molecule has 1 aliphatic carbocycles. The minimum atomic E-state index is -1.03. The van der Waals surface area contributed by atoms with Crippen LogP contribution in [0.2, 0.25) is 0 Å². The molecule has 5 N–H and O–H groups in total. The molecule has 0 spiro atoms. The van der Waals surface area contributed by atoms with Crippen LogP contribution in [0.5, 0.6) is 11.8 Å². The first-order valence-electron chi connectivity index (χ1n) is 31.6. The van der Waals surface area contributed by atoms with E-state index in [1.165, 1.54) is 25.8 Å². The number of halogens is 1. The summed E-state index contributed by atoms with van der Waals surface area (Å²) >= 11 is 1.40. The van der Waals surface area contributed by atoms with E-state index in [1.54, 1.807) is 47.7 Å². The van der Waals surface area contributed by atoms with E-state index in [-0.39, 0.29) is 68.4 Å². The number of rotatable bonds is 19. The van der Waals surface area contributed by atoms with E-state index in [9.17, 15) is 34.8 Å². The minimum Gasteiger partial charge on any atom is -0.486 e. The van der Waals surface area contributed by atoms with E-state index in [0.29, 0.717) is 114 Å². The summed E-state index contributed by atoms with van der Waals surface area (Å²) in [5, 5.41) is 59.6. The number of ether oxygens (including phenoxy) is 4. The summed E-state index contributed by atoms with van der Waals surface area (Å²) in [5.41, 5.74) is 9.51. The summed E-state index contributed by atoms with van der Waals surface area (Å²) in [6.07, 6.45) is 7.42. The quantitative estimate of drug-likeness (QED) is 0.0506. The fourth-order valence-electron chi connectivity index (χ4n) is 14.1. The molecule has 6 fully saturated rings. The van der Waals surface area contributed by atoms with E-state index in [0.717, 1.165) is 64.4 Å². The van der Waals surface area contributed by atoms with Gasteiger partial charge in [0.2, 0.25) is 11.8 Å². The predicted octanol–water partition coefficient (Wildman–Crippen LogP) is 8.63. The summed E-state index contributed by atoms with van der Waals surface area (Å²) in [7, 11) is 0. The van der Waals surface area contributed by atoms with Crippen LogP contribution in [0.4, 0.5) is 15.0 Å². The van der Waals surface area contributed by atoms with Crippen molar-refractivity contribution in [1.82, 2.24) is 54.8 Å². The molecule has 14 rings (SSSR count). The number of aliphatic hydroxyl groups is 3. The number of likely N-dealkylation sites (tertiary alicyclic amines) is 2. The maximum atomic E-state index is 16.9. The SMILES string of the molecule is Cc1c(F)cc2c(cnn2C2CCCCO2)c1-c1c(C2CC2)cc2c(N3C[C@@H]4C[C@H]3CN4C(=O)O)nc(OC3CCOCC3)nc2c1OCc1ccc(-c2cn([C@H](C(=O)N3C[C@H](O)C[C@H]3C(=O)N[C@@H](CO)c3ccc(-c4scnc4CO)cc3)C(C)C)nn2)cc1. The maximum absolute atomic E-state index is 16.9. The van der Waals surface area contributed by atoms with Crippen molar-refractivity contribution in [2.45, 2.75) is 146 Å². The molecule has 23 nitrogen and oxygen atoms in total.